The first-order chi connectivity index (χ1) is 14.0. The van der Waals surface area contributed by atoms with E-state index in [1.165, 1.54) is 0 Å². The van der Waals surface area contributed by atoms with Crippen molar-refractivity contribution in [3.63, 3.8) is 0 Å². The van der Waals surface area contributed by atoms with Crippen molar-refractivity contribution < 1.29 is 9.59 Å². The van der Waals surface area contributed by atoms with Crippen LogP contribution >= 0.6 is 34.5 Å². The summed E-state index contributed by atoms with van der Waals surface area (Å²) in [5.41, 5.74) is 0.424. The highest BCUT2D eigenvalue weighted by Gasteiger charge is 2.37. The smallest absolute Gasteiger partial charge is 0.254 e. The van der Waals surface area contributed by atoms with Crippen molar-refractivity contribution in [2.75, 3.05) is 37.6 Å². The van der Waals surface area contributed by atoms with Crippen LogP contribution in [0, 0.1) is 0 Å². The van der Waals surface area contributed by atoms with E-state index >= 15 is 0 Å². The second kappa shape index (κ2) is 8.90. The average molecular weight is 453 g/mol. The molecule has 29 heavy (non-hydrogen) atoms. The Bertz CT molecular complexity index is 872. The minimum atomic E-state index is -0.424. The second-order valence-corrected chi connectivity index (χ2v) is 9.04. The van der Waals surface area contributed by atoms with Gasteiger partial charge in [-0.25, -0.2) is 4.98 Å². The first-order valence-electron chi connectivity index (χ1n) is 9.73. The molecule has 4 rings (SSSR count). The molecule has 2 saturated heterocycles. The molecule has 2 aromatic rings. The number of carbonyl (C=O) groups is 2. The van der Waals surface area contributed by atoms with Gasteiger partial charge in [0.2, 0.25) is 5.91 Å². The second-order valence-electron chi connectivity index (χ2n) is 7.30. The van der Waals surface area contributed by atoms with Crippen LogP contribution < -0.4 is 4.90 Å². The largest absolute Gasteiger partial charge is 0.346 e. The molecule has 9 heteroatoms. The van der Waals surface area contributed by atoms with Crippen LogP contribution in [0.5, 0.6) is 0 Å². The van der Waals surface area contributed by atoms with Crippen LogP contribution in [-0.2, 0) is 4.79 Å². The summed E-state index contributed by atoms with van der Waals surface area (Å²) in [5, 5.41) is 3.79. The topological polar surface area (TPSA) is 56.8 Å². The molecule has 0 bridgehead atoms. The van der Waals surface area contributed by atoms with Gasteiger partial charge in [-0.3, -0.25) is 9.59 Å². The zero-order chi connectivity index (χ0) is 20.4. The molecule has 1 unspecified atom stereocenters. The molecule has 0 N–H and O–H groups in total. The number of halogens is 2. The Hall–Kier alpha value is -1.83. The lowest BCUT2D eigenvalue weighted by atomic mass is 10.1. The van der Waals surface area contributed by atoms with Crippen LogP contribution in [0.4, 0.5) is 5.13 Å². The third-order valence-electron chi connectivity index (χ3n) is 5.41. The summed E-state index contributed by atoms with van der Waals surface area (Å²) in [7, 11) is 0. The average Bonchev–Trinajstić information content (AvgIpc) is 3.34. The molecule has 1 aromatic carbocycles. The van der Waals surface area contributed by atoms with Crippen molar-refractivity contribution in [2.45, 2.75) is 25.3 Å². The Morgan fingerprint density at radius 3 is 2.52 bits per heavy atom. The van der Waals surface area contributed by atoms with Crippen LogP contribution in [-0.4, -0.2) is 65.4 Å². The van der Waals surface area contributed by atoms with E-state index < -0.39 is 6.04 Å². The van der Waals surface area contributed by atoms with Crippen molar-refractivity contribution >= 4 is 51.5 Å². The van der Waals surface area contributed by atoms with E-state index in [0.717, 1.165) is 31.1 Å². The molecule has 6 nitrogen and oxygen atoms in total. The first-order valence-corrected chi connectivity index (χ1v) is 11.4. The lowest BCUT2D eigenvalue weighted by Gasteiger charge is -2.30. The maximum Gasteiger partial charge on any atom is 0.254 e. The fourth-order valence-corrected chi connectivity index (χ4v) is 5.24. The summed E-state index contributed by atoms with van der Waals surface area (Å²) >= 11 is 13.7. The quantitative estimate of drug-likeness (QED) is 0.710. The summed E-state index contributed by atoms with van der Waals surface area (Å²) < 4.78 is 0. The number of rotatable bonds is 3. The van der Waals surface area contributed by atoms with Gasteiger partial charge in [0.15, 0.2) is 5.13 Å². The lowest BCUT2D eigenvalue weighted by molar-refractivity contribution is -0.135. The first kappa shape index (κ1) is 20.4. The number of amides is 2. The molecular formula is C20H22Cl2N4O2S. The molecule has 1 atom stereocenters. The molecule has 2 amide bonds. The molecule has 0 spiro atoms. The van der Waals surface area contributed by atoms with Crippen molar-refractivity contribution in [3.05, 3.63) is 45.4 Å². The number of thiazole rings is 1. The van der Waals surface area contributed by atoms with E-state index in [2.05, 4.69) is 9.88 Å². The number of benzene rings is 1. The van der Waals surface area contributed by atoms with E-state index in [1.54, 1.807) is 40.6 Å². The molecule has 2 aliphatic rings. The van der Waals surface area contributed by atoms with Gasteiger partial charge in [-0.1, -0.05) is 23.2 Å². The number of anilines is 1. The number of carbonyl (C=O) groups excluding carboxylic acids is 2. The Labute approximate surface area is 184 Å². The molecule has 0 saturated carbocycles. The SMILES string of the molecule is O=C(C1CCCN1C(=O)c1cc(Cl)cc(Cl)c1)N1CCCN(c2nccs2)CC1. The van der Waals surface area contributed by atoms with Crippen molar-refractivity contribution in [2.24, 2.45) is 0 Å². The van der Waals surface area contributed by atoms with Gasteiger partial charge in [0, 0.05) is 59.9 Å². The highest BCUT2D eigenvalue weighted by molar-refractivity contribution is 7.13. The maximum atomic E-state index is 13.3. The van der Waals surface area contributed by atoms with Crippen LogP contribution in [0.15, 0.2) is 29.8 Å². The normalized spacial score (nSPS) is 20.1. The van der Waals surface area contributed by atoms with E-state index in [1.807, 2.05) is 10.3 Å². The minimum Gasteiger partial charge on any atom is -0.346 e. The highest BCUT2D eigenvalue weighted by Crippen LogP contribution is 2.26. The maximum absolute atomic E-state index is 13.3. The standard InChI is InChI=1S/C20H22Cl2N4O2S/c21-15-11-14(12-16(22)13-15)18(27)26-7-1-3-17(26)19(28)24-5-2-6-25(9-8-24)20-23-4-10-29-20/h4,10-13,17H,1-3,5-9H2. The summed E-state index contributed by atoms with van der Waals surface area (Å²) in [5.74, 6) is -0.158. The number of hydrogen-bond acceptors (Lipinski definition) is 5. The molecule has 1 aromatic heterocycles. The predicted molar refractivity (Wildman–Crippen MR) is 116 cm³/mol. The third-order valence-corrected chi connectivity index (χ3v) is 6.67. The zero-order valence-corrected chi connectivity index (χ0v) is 18.2. The van der Waals surface area contributed by atoms with Crippen molar-refractivity contribution in [3.8, 4) is 0 Å². The molecule has 0 aliphatic carbocycles. The van der Waals surface area contributed by atoms with E-state index in [9.17, 15) is 9.59 Å². The molecule has 2 aliphatic heterocycles. The number of nitrogens with zero attached hydrogens (tertiary/aromatic N) is 4. The van der Waals surface area contributed by atoms with Gasteiger partial charge in [-0.2, -0.15) is 0 Å². The van der Waals surface area contributed by atoms with Gasteiger partial charge in [0.05, 0.1) is 0 Å². The van der Waals surface area contributed by atoms with Gasteiger partial charge >= 0.3 is 0 Å². The van der Waals surface area contributed by atoms with Crippen LogP contribution in [0.25, 0.3) is 0 Å². The zero-order valence-electron chi connectivity index (χ0n) is 15.9. The van der Waals surface area contributed by atoms with Crippen LogP contribution in [0.1, 0.15) is 29.6 Å². The third kappa shape index (κ3) is 4.52. The van der Waals surface area contributed by atoms with Gasteiger partial charge in [0.1, 0.15) is 6.04 Å². The van der Waals surface area contributed by atoms with Crippen LogP contribution in [0.2, 0.25) is 10.0 Å². The Morgan fingerprint density at radius 1 is 1.00 bits per heavy atom. The number of aromatic nitrogens is 1. The Morgan fingerprint density at radius 2 is 1.79 bits per heavy atom. The van der Waals surface area contributed by atoms with Gasteiger partial charge in [-0.05, 0) is 37.5 Å². The highest BCUT2D eigenvalue weighted by atomic mass is 35.5. The van der Waals surface area contributed by atoms with Gasteiger partial charge in [-0.15, -0.1) is 11.3 Å². The molecule has 3 heterocycles. The minimum absolute atomic E-state index is 0.0324. The van der Waals surface area contributed by atoms with Crippen molar-refractivity contribution in [1.82, 2.24) is 14.8 Å². The molecule has 0 radical (unpaired) electrons. The van der Waals surface area contributed by atoms with E-state index in [4.69, 9.17) is 23.2 Å². The van der Waals surface area contributed by atoms with E-state index in [-0.39, 0.29) is 11.8 Å². The summed E-state index contributed by atoms with van der Waals surface area (Å²) in [6.07, 6.45) is 4.19. The fourth-order valence-electron chi connectivity index (χ4n) is 4.02. The van der Waals surface area contributed by atoms with Gasteiger partial charge < -0.3 is 14.7 Å². The molecule has 154 valence electrons. The number of hydrogen-bond donors (Lipinski definition) is 0. The fraction of sp³-hybridized carbons (Fsp3) is 0.450. The van der Waals surface area contributed by atoms with E-state index in [0.29, 0.717) is 41.7 Å². The van der Waals surface area contributed by atoms with Crippen molar-refractivity contribution in [1.29, 1.82) is 0 Å². The summed E-state index contributed by atoms with van der Waals surface area (Å²) in [4.78, 5) is 36.5. The monoisotopic (exact) mass is 452 g/mol. The number of likely N-dealkylation sites (tertiary alicyclic amines) is 1. The molecule has 2 fully saturated rings. The van der Waals surface area contributed by atoms with Crippen LogP contribution in [0.3, 0.4) is 0 Å². The Kier molecular flexibility index (Phi) is 6.27. The summed E-state index contributed by atoms with van der Waals surface area (Å²) in [6.45, 7) is 3.54. The predicted octanol–water partition coefficient (Wildman–Crippen LogP) is 3.79. The van der Waals surface area contributed by atoms with Gasteiger partial charge in [0.25, 0.3) is 5.91 Å². The Balaban J connectivity index is 1.45. The molecular weight excluding hydrogens is 431 g/mol. The lowest BCUT2D eigenvalue weighted by Crippen LogP contribution is -2.48. The summed E-state index contributed by atoms with van der Waals surface area (Å²) in [6, 6.07) is 4.38.